The third-order valence-electron chi connectivity index (χ3n) is 6.71. The molecule has 4 rings (SSSR count). The summed E-state index contributed by atoms with van der Waals surface area (Å²) in [5.41, 5.74) is 1.43. The van der Waals surface area contributed by atoms with E-state index in [1.54, 1.807) is 0 Å². The van der Waals surface area contributed by atoms with Gasteiger partial charge in [0, 0.05) is 36.4 Å². The first-order valence-electron chi connectivity index (χ1n) is 11.3. The summed E-state index contributed by atoms with van der Waals surface area (Å²) < 4.78 is 5.49. The van der Waals surface area contributed by atoms with E-state index < -0.39 is 5.60 Å². The summed E-state index contributed by atoms with van der Waals surface area (Å²) in [6.45, 7) is 6.79. The minimum absolute atomic E-state index is 0.121. The van der Waals surface area contributed by atoms with Crippen LogP contribution in [0.2, 0.25) is 0 Å². The Balaban J connectivity index is 1.40. The van der Waals surface area contributed by atoms with E-state index in [0.29, 0.717) is 29.6 Å². The van der Waals surface area contributed by atoms with Crippen molar-refractivity contribution in [3.8, 4) is 6.07 Å². The predicted molar refractivity (Wildman–Crippen MR) is 117 cm³/mol. The molecule has 0 spiro atoms. The first kappa shape index (κ1) is 21.0. The smallest absolute Gasteiger partial charge is 0.407 e. The maximum atomic E-state index is 12.3. The van der Waals surface area contributed by atoms with Crippen molar-refractivity contribution < 1.29 is 9.53 Å². The van der Waals surface area contributed by atoms with Crippen molar-refractivity contribution in [1.29, 1.82) is 5.26 Å². The van der Waals surface area contributed by atoms with Crippen molar-refractivity contribution in [2.75, 3.05) is 11.4 Å². The van der Waals surface area contributed by atoms with Gasteiger partial charge in [0.15, 0.2) is 0 Å². The third kappa shape index (κ3) is 4.73. The Morgan fingerprint density at radius 2 is 1.80 bits per heavy atom. The van der Waals surface area contributed by atoms with Crippen molar-refractivity contribution in [3.05, 3.63) is 29.8 Å². The van der Waals surface area contributed by atoms with Gasteiger partial charge in [-0.2, -0.15) is 5.26 Å². The Hall–Kier alpha value is -2.26. The Morgan fingerprint density at radius 1 is 1.10 bits per heavy atom. The summed E-state index contributed by atoms with van der Waals surface area (Å²) in [7, 11) is 0. The summed E-state index contributed by atoms with van der Waals surface area (Å²) in [5.74, 6) is 0.712. The van der Waals surface area contributed by atoms with Gasteiger partial charge in [-0.05, 0) is 76.6 Å². The summed E-state index contributed by atoms with van der Waals surface area (Å²) in [6, 6.07) is 11.5. The average Bonchev–Trinajstić information content (AvgIpc) is 3.28. The van der Waals surface area contributed by atoms with Crippen LogP contribution in [-0.2, 0) is 4.74 Å². The second-order valence-electron chi connectivity index (χ2n) is 10.1. The number of carbonyl (C=O) groups excluding carboxylic acids is 1. The number of nitrogens with zero attached hydrogens (tertiary/aromatic N) is 2. The molecule has 1 saturated heterocycles. The van der Waals surface area contributed by atoms with E-state index >= 15 is 0 Å². The van der Waals surface area contributed by atoms with Crippen LogP contribution in [0.5, 0.6) is 0 Å². The second kappa shape index (κ2) is 8.47. The molecule has 30 heavy (non-hydrogen) atoms. The number of rotatable bonds is 4. The molecule has 1 amide bonds. The minimum Gasteiger partial charge on any atom is -0.444 e. The molecular weight excluding hydrogens is 376 g/mol. The zero-order valence-electron chi connectivity index (χ0n) is 18.4. The number of carbonyl (C=O) groups is 1. The van der Waals surface area contributed by atoms with Crippen LogP contribution in [0.3, 0.4) is 0 Å². The van der Waals surface area contributed by atoms with E-state index in [9.17, 15) is 4.79 Å². The third-order valence-corrected chi connectivity index (χ3v) is 6.71. The van der Waals surface area contributed by atoms with Crippen LogP contribution < -0.4 is 15.5 Å². The van der Waals surface area contributed by atoms with Crippen LogP contribution in [0, 0.1) is 17.2 Å². The van der Waals surface area contributed by atoms with Crippen LogP contribution in [0.4, 0.5) is 10.5 Å². The van der Waals surface area contributed by atoms with Crippen molar-refractivity contribution in [2.45, 2.75) is 89.1 Å². The van der Waals surface area contributed by atoms with Gasteiger partial charge in [-0.1, -0.05) is 12.8 Å². The lowest BCUT2D eigenvalue weighted by Crippen LogP contribution is -2.58. The molecule has 6 nitrogen and oxygen atoms in total. The van der Waals surface area contributed by atoms with E-state index in [0.717, 1.165) is 25.8 Å². The SMILES string of the molecule is CC(C)(C)OC(=O)N[C@@H]1CCCC[C@H]1N[C@H]1C[C@H]2C[C@@H]1N(c1ccc(C#N)cc1)C2. The lowest BCUT2D eigenvalue weighted by molar-refractivity contribution is 0.0476. The molecule has 1 aromatic carbocycles. The van der Waals surface area contributed by atoms with Crippen molar-refractivity contribution in [3.63, 3.8) is 0 Å². The Labute approximate surface area is 180 Å². The van der Waals surface area contributed by atoms with Gasteiger partial charge in [0.05, 0.1) is 11.6 Å². The second-order valence-corrected chi connectivity index (χ2v) is 10.1. The zero-order chi connectivity index (χ0) is 21.3. The maximum Gasteiger partial charge on any atom is 0.407 e. The predicted octanol–water partition coefficient (Wildman–Crippen LogP) is 3.95. The van der Waals surface area contributed by atoms with E-state index in [4.69, 9.17) is 10.00 Å². The summed E-state index contributed by atoms with van der Waals surface area (Å²) in [6.07, 6.45) is 6.54. The summed E-state index contributed by atoms with van der Waals surface area (Å²) in [4.78, 5) is 14.8. The molecule has 162 valence electrons. The highest BCUT2D eigenvalue weighted by molar-refractivity contribution is 5.68. The van der Waals surface area contributed by atoms with Gasteiger partial charge in [-0.3, -0.25) is 0 Å². The molecule has 1 aliphatic heterocycles. The maximum absolute atomic E-state index is 12.3. The van der Waals surface area contributed by atoms with Gasteiger partial charge >= 0.3 is 6.09 Å². The van der Waals surface area contributed by atoms with Crippen LogP contribution in [0.1, 0.15) is 64.9 Å². The number of benzene rings is 1. The van der Waals surface area contributed by atoms with Gasteiger partial charge in [0.25, 0.3) is 0 Å². The normalized spacial score (nSPS) is 30.7. The highest BCUT2D eigenvalue weighted by Crippen LogP contribution is 2.41. The van der Waals surface area contributed by atoms with Gasteiger partial charge in [-0.25, -0.2) is 4.79 Å². The van der Waals surface area contributed by atoms with E-state index in [-0.39, 0.29) is 12.1 Å². The largest absolute Gasteiger partial charge is 0.444 e. The highest BCUT2D eigenvalue weighted by atomic mass is 16.6. The molecule has 2 bridgehead atoms. The number of hydrogen-bond acceptors (Lipinski definition) is 5. The number of amides is 1. The standard InChI is InChI=1S/C24H34N4O2/c1-24(2,3)30-23(29)27-20-7-5-4-6-19(20)26-21-12-17-13-22(21)28(15-17)18-10-8-16(14-25)9-11-18/h8-11,17,19-22,26H,4-7,12-13,15H2,1-3H3,(H,27,29)/t17-,19+,20+,21-,22-/m0/s1. The molecule has 2 saturated carbocycles. The van der Waals surface area contributed by atoms with Gasteiger partial charge in [0.2, 0.25) is 0 Å². The molecule has 6 heteroatoms. The van der Waals surface area contributed by atoms with Crippen molar-refractivity contribution in [1.82, 2.24) is 10.6 Å². The average molecular weight is 411 g/mol. The molecule has 2 N–H and O–H groups in total. The molecule has 0 aromatic heterocycles. The zero-order valence-corrected chi connectivity index (χ0v) is 18.4. The number of fused-ring (bicyclic) bond motifs is 2. The van der Waals surface area contributed by atoms with Crippen LogP contribution in [0.25, 0.3) is 0 Å². The number of anilines is 1. The molecule has 2 aliphatic carbocycles. The number of alkyl carbamates (subject to hydrolysis) is 1. The molecule has 1 heterocycles. The van der Waals surface area contributed by atoms with E-state index in [2.05, 4.69) is 33.7 Å². The van der Waals surface area contributed by atoms with Crippen molar-refractivity contribution >= 4 is 11.8 Å². The molecule has 3 fully saturated rings. The lowest BCUT2D eigenvalue weighted by Gasteiger charge is -2.40. The van der Waals surface area contributed by atoms with E-state index in [1.807, 2.05) is 32.9 Å². The minimum atomic E-state index is -0.478. The quantitative estimate of drug-likeness (QED) is 0.786. The fourth-order valence-electron chi connectivity index (χ4n) is 5.47. The molecule has 0 unspecified atom stereocenters. The monoisotopic (exact) mass is 410 g/mol. The Kier molecular flexibility index (Phi) is 5.92. The Bertz CT molecular complexity index is 795. The topological polar surface area (TPSA) is 77.4 Å². The Morgan fingerprint density at radius 3 is 2.43 bits per heavy atom. The fraction of sp³-hybridized carbons (Fsp3) is 0.667. The van der Waals surface area contributed by atoms with Gasteiger partial charge < -0.3 is 20.3 Å². The summed E-state index contributed by atoms with van der Waals surface area (Å²) in [5, 5.41) is 16.1. The molecule has 0 radical (unpaired) electrons. The number of ether oxygens (including phenoxy) is 1. The summed E-state index contributed by atoms with van der Waals surface area (Å²) >= 11 is 0. The molecule has 1 aromatic rings. The first-order valence-corrected chi connectivity index (χ1v) is 11.3. The first-order chi connectivity index (χ1) is 14.3. The number of hydrogen-bond donors (Lipinski definition) is 2. The molecule has 5 atom stereocenters. The van der Waals surface area contributed by atoms with Crippen molar-refractivity contribution in [2.24, 2.45) is 5.92 Å². The lowest BCUT2D eigenvalue weighted by atomic mass is 9.89. The van der Waals surface area contributed by atoms with Gasteiger partial charge in [-0.15, -0.1) is 0 Å². The fourth-order valence-corrected chi connectivity index (χ4v) is 5.47. The number of nitriles is 1. The molecule has 3 aliphatic rings. The highest BCUT2D eigenvalue weighted by Gasteiger charge is 2.46. The number of nitrogens with one attached hydrogen (secondary N) is 2. The van der Waals surface area contributed by atoms with E-state index in [1.165, 1.54) is 24.9 Å². The molecular formula is C24H34N4O2. The van der Waals surface area contributed by atoms with Crippen LogP contribution in [0.15, 0.2) is 24.3 Å². The van der Waals surface area contributed by atoms with Crippen LogP contribution >= 0.6 is 0 Å². The van der Waals surface area contributed by atoms with Gasteiger partial charge in [0.1, 0.15) is 5.60 Å². The number of piperidine rings is 1. The van der Waals surface area contributed by atoms with Crippen LogP contribution in [-0.4, -0.2) is 42.4 Å².